The van der Waals surface area contributed by atoms with Crippen LogP contribution in [-0.2, 0) is 0 Å². The molecular weight excluding hydrogens is 256 g/mol. The molecule has 106 valence electrons. The first-order chi connectivity index (χ1) is 9.51. The maximum atomic E-state index is 12.4. The van der Waals surface area contributed by atoms with Gasteiger partial charge in [-0.05, 0) is 32.6 Å². The molecule has 0 spiro atoms. The lowest BCUT2D eigenvalue weighted by Crippen LogP contribution is -2.41. The number of hydrogen-bond acceptors (Lipinski definition) is 5. The Bertz CT molecular complexity index is 521. The molecule has 2 unspecified atom stereocenters. The number of aromatic nitrogens is 1. The lowest BCUT2D eigenvalue weighted by molar-refractivity contribution is 0.0693. The van der Waals surface area contributed by atoms with Crippen LogP contribution >= 0.6 is 0 Å². The van der Waals surface area contributed by atoms with Crippen LogP contribution in [0.25, 0.3) is 0 Å². The number of likely N-dealkylation sites (tertiary alicyclic amines) is 1. The lowest BCUT2D eigenvalue weighted by Gasteiger charge is -2.26. The number of hydrogen-bond donors (Lipinski definition) is 1. The van der Waals surface area contributed by atoms with Gasteiger partial charge in [0.25, 0.3) is 5.91 Å². The zero-order valence-corrected chi connectivity index (χ0v) is 11.7. The van der Waals surface area contributed by atoms with Gasteiger partial charge in [0, 0.05) is 25.3 Å². The molecule has 0 bridgehead atoms. The van der Waals surface area contributed by atoms with Gasteiger partial charge >= 0.3 is 0 Å². The second-order valence-corrected chi connectivity index (χ2v) is 5.31. The highest BCUT2D eigenvalue weighted by atomic mass is 16.3. The zero-order chi connectivity index (χ0) is 14.7. The maximum absolute atomic E-state index is 12.4. The largest absolute Gasteiger partial charge is 0.391 e. The summed E-state index contributed by atoms with van der Waals surface area (Å²) in [7, 11) is 3.88. The van der Waals surface area contributed by atoms with Crippen molar-refractivity contribution in [2.24, 2.45) is 0 Å². The summed E-state index contributed by atoms with van der Waals surface area (Å²) in [6.07, 6.45) is 1.49. The zero-order valence-electron chi connectivity index (χ0n) is 11.7. The number of nitriles is 1. The Kier molecular flexibility index (Phi) is 4.32. The number of carbonyl (C=O) groups is 1. The quantitative estimate of drug-likeness (QED) is 0.845. The number of aliphatic hydroxyl groups is 1. The molecule has 1 aromatic heterocycles. The summed E-state index contributed by atoms with van der Waals surface area (Å²) >= 11 is 0. The van der Waals surface area contributed by atoms with Crippen LogP contribution < -0.4 is 0 Å². The molecule has 20 heavy (non-hydrogen) atoms. The number of aliphatic hydroxyl groups excluding tert-OH is 1. The second kappa shape index (κ2) is 5.99. The Morgan fingerprint density at radius 2 is 2.35 bits per heavy atom. The maximum Gasteiger partial charge on any atom is 0.272 e. The Hall–Kier alpha value is -1.97. The summed E-state index contributed by atoms with van der Waals surface area (Å²) in [5, 5.41) is 18.5. The van der Waals surface area contributed by atoms with E-state index in [0.29, 0.717) is 30.8 Å². The molecule has 1 aliphatic heterocycles. The molecule has 6 nitrogen and oxygen atoms in total. The highest BCUT2D eigenvalue weighted by Crippen LogP contribution is 2.20. The molecule has 1 saturated heterocycles. The monoisotopic (exact) mass is 274 g/mol. The average Bonchev–Trinajstić information content (AvgIpc) is 2.78. The Labute approximate surface area is 118 Å². The topological polar surface area (TPSA) is 80.5 Å². The highest BCUT2D eigenvalue weighted by molar-refractivity contribution is 5.92. The van der Waals surface area contributed by atoms with Gasteiger partial charge in [0.1, 0.15) is 11.8 Å². The summed E-state index contributed by atoms with van der Waals surface area (Å²) < 4.78 is 0. The standard InChI is InChI=1S/C14H18N4O2/c1-17(2)8-11-5-12(19)9-18(11)14(20)13-4-3-10(6-15)7-16-13/h3-4,7,11-12,19H,5,8-9H2,1-2H3. The van der Waals surface area contributed by atoms with Gasteiger partial charge in [-0.1, -0.05) is 0 Å². The van der Waals surface area contributed by atoms with Crippen LogP contribution in [0.3, 0.4) is 0 Å². The normalized spacial score (nSPS) is 22.1. The summed E-state index contributed by atoms with van der Waals surface area (Å²) in [4.78, 5) is 20.1. The van der Waals surface area contributed by atoms with E-state index in [1.807, 2.05) is 25.1 Å². The number of likely N-dealkylation sites (N-methyl/N-ethyl adjacent to an activating group) is 1. The van der Waals surface area contributed by atoms with Crippen LogP contribution in [-0.4, -0.2) is 65.1 Å². The molecule has 6 heteroatoms. The van der Waals surface area contributed by atoms with Gasteiger partial charge in [0.2, 0.25) is 0 Å². The SMILES string of the molecule is CN(C)CC1CC(O)CN1C(=O)c1ccc(C#N)cn1. The van der Waals surface area contributed by atoms with E-state index in [1.54, 1.807) is 17.0 Å². The van der Waals surface area contributed by atoms with E-state index >= 15 is 0 Å². The van der Waals surface area contributed by atoms with Crippen molar-refractivity contribution >= 4 is 5.91 Å². The van der Waals surface area contributed by atoms with Crippen LogP contribution in [0.2, 0.25) is 0 Å². The minimum Gasteiger partial charge on any atom is -0.391 e. The third-order valence-corrected chi connectivity index (χ3v) is 3.34. The molecule has 0 radical (unpaired) electrons. The summed E-state index contributed by atoms with van der Waals surface area (Å²) in [5.74, 6) is -0.196. The van der Waals surface area contributed by atoms with Gasteiger partial charge in [-0.15, -0.1) is 0 Å². The predicted octanol–water partition coefficient (Wildman–Crippen LogP) is 0.0903. The van der Waals surface area contributed by atoms with Crippen molar-refractivity contribution in [3.8, 4) is 6.07 Å². The van der Waals surface area contributed by atoms with E-state index in [1.165, 1.54) is 6.20 Å². The average molecular weight is 274 g/mol. The molecular formula is C14H18N4O2. The Balaban J connectivity index is 2.15. The van der Waals surface area contributed by atoms with Crippen molar-refractivity contribution in [1.29, 1.82) is 5.26 Å². The number of pyridine rings is 1. The second-order valence-electron chi connectivity index (χ2n) is 5.31. The molecule has 1 aliphatic rings. The van der Waals surface area contributed by atoms with E-state index in [4.69, 9.17) is 5.26 Å². The molecule has 0 saturated carbocycles. The van der Waals surface area contributed by atoms with Gasteiger partial charge in [0.05, 0.1) is 11.7 Å². The fourth-order valence-electron chi connectivity index (χ4n) is 2.47. The van der Waals surface area contributed by atoms with Gasteiger partial charge in [0.15, 0.2) is 0 Å². The van der Waals surface area contributed by atoms with Crippen molar-refractivity contribution < 1.29 is 9.90 Å². The molecule has 1 fully saturated rings. The lowest BCUT2D eigenvalue weighted by atomic mass is 10.2. The van der Waals surface area contributed by atoms with E-state index < -0.39 is 6.10 Å². The molecule has 2 heterocycles. The first-order valence-electron chi connectivity index (χ1n) is 6.51. The van der Waals surface area contributed by atoms with E-state index in [2.05, 4.69) is 4.98 Å². The minimum atomic E-state index is -0.484. The molecule has 1 aromatic rings. The number of nitrogens with zero attached hydrogens (tertiary/aromatic N) is 4. The van der Waals surface area contributed by atoms with Gasteiger partial charge in [-0.2, -0.15) is 5.26 Å². The predicted molar refractivity (Wildman–Crippen MR) is 73.0 cm³/mol. The van der Waals surface area contributed by atoms with E-state index in [9.17, 15) is 9.90 Å². The highest BCUT2D eigenvalue weighted by Gasteiger charge is 2.35. The van der Waals surface area contributed by atoms with Crippen molar-refractivity contribution in [2.75, 3.05) is 27.2 Å². The van der Waals surface area contributed by atoms with Crippen LogP contribution in [0.1, 0.15) is 22.5 Å². The van der Waals surface area contributed by atoms with Crippen molar-refractivity contribution in [1.82, 2.24) is 14.8 Å². The first kappa shape index (κ1) is 14.4. The number of rotatable bonds is 3. The van der Waals surface area contributed by atoms with Crippen LogP contribution in [0, 0.1) is 11.3 Å². The van der Waals surface area contributed by atoms with Crippen LogP contribution in [0.5, 0.6) is 0 Å². The minimum absolute atomic E-state index is 0.00931. The van der Waals surface area contributed by atoms with Crippen molar-refractivity contribution in [2.45, 2.75) is 18.6 Å². The summed E-state index contributed by atoms with van der Waals surface area (Å²) in [6, 6.07) is 5.09. The molecule has 2 rings (SSSR count). The van der Waals surface area contributed by atoms with Crippen LogP contribution in [0.15, 0.2) is 18.3 Å². The molecule has 1 N–H and O–H groups in total. The molecule has 2 atom stereocenters. The van der Waals surface area contributed by atoms with Crippen LogP contribution in [0.4, 0.5) is 0 Å². The molecule has 0 aliphatic carbocycles. The van der Waals surface area contributed by atoms with Gasteiger partial charge < -0.3 is 14.9 Å². The van der Waals surface area contributed by atoms with Gasteiger partial charge in [-0.3, -0.25) is 4.79 Å². The van der Waals surface area contributed by atoms with E-state index in [0.717, 1.165) is 0 Å². The van der Waals surface area contributed by atoms with Crippen molar-refractivity contribution in [3.63, 3.8) is 0 Å². The third kappa shape index (κ3) is 3.13. The fraction of sp³-hybridized carbons (Fsp3) is 0.500. The first-order valence-corrected chi connectivity index (χ1v) is 6.51. The number of carbonyl (C=O) groups excluding carboxylic acids is 1. The molecule has 0 aromatic carbocycles. The smallest absolute Gasteiger partial charge is 0.272 e. The van der Waals surface area contributed by atoms with Crippen molar-refractivity contribution in [3.05, 3.63) is 29.6 Å². The third-order valence-electron chi connectivity index (χ3n) is 3.34. The fourth-order valence-corrected chi connectivity index (χ4v) is 2.47. The van der Waals surface area contributed by atoms with Gasteiger partial charge in [-0.25, -0.2) is 4.98 Å². The summed E-state index contributed by atoms with van der Waals surface area (Å²) in [5.41, 5.74) is 0.731. The Morgan fingerprint density at radius 3 is 2.90 bits per heavy atom. The number of amides is 1. The molecule has 1 amide bonds. The Morgan fingerprint density at radius 1 is 1.60 bits per heavy atom. The van der Waals surface area contributed by atoms with E-state index in [-0.39, 0.29) is 11.9 Å². The summed E-state index contributed by atoms with van der Waals surface area (Å²) in [6.45, 7) is 1.04. The number of β-amino-alcohol motifs (C(OH)–C–C–N with tert-alkyl or cyclic N) is 1.